The Hall–Kier alpha value is -0.410. The Bertz CT molecular complexity index is 272. The van der Waals surface area contributed by atoms with E-state index in [0.29, 0.717) is 6.04 Å². The summed E-state index contributed by atoms with van der Waals surface area (Å²) in [5.74, 6) is 3.26. The van der Waals surface area contributed by atoms with E-state index in [0.717, 1.165) is 17.3 Å². The molecule has 0 amide bonds. The second kappa shape index (κ2) is 6.96. The van der Waals surface area contributed by atoms with Gasteiger partial charge in [-0.05, 0) is 32.0 Å². The average molecular weight is 227 g/mol. The normalized spacial score (nSPS) is 13.0. The first-order chi connectivity index (χ1) is 7.27. The summed E-state index contributed by atoms with van der Waals surface area (Å²) in [5.41, 5.74) is 1.26. The molecule has 0 fully saturated rings. The molecule has 0 saturated carbocycles. The van der Waals surface area contributed by atoms with E-state index in [1.807, 2.05) is 24.9 Å². The first-order valence-corrected chi connectivity index (χ1v) is 6.71. The SMILES string of the molecule is CCCC(CSCc1occc1C)NC. The zero-order valence-electron chi connectivity index (χ0n) is 9.88. The van der Waals surface area contributed by atoms with Crippen molar-refractivity contribution < 1.29 is 4.42 Å². The van der Waals surface area contributed by atoms with E-state index in [9.17, 15) is 0 Å². The Kier molecular flexibility index (Phi) is 5.88. The van der Waals surface area contributed by atoms with Gasteiger partial charge in [0.1, 0.15) is 5.76 Å². The summed E-state index contributed by atoms with van der Waals surface area (Å²) in [5, 5.41) is 3.35. The number of thioether (sulfide) groups is 1. The van der Waals surface area contributed by atoms with Crippen LogP contribution < -0.4 is 5.32 Å². The van der Waals surface area contributed by atoms with Gasteiger partial charge in [-0.3, -0.25) is 0 Å². The quantitative estimate of drug-likeness (QED) is 0.774. The monoisotopic (exact) mass is 227 g/mol. The number of hydrogen-bond acceptors (Lipinski definition) is 3. The Morgan fingerprint density at radius 3 is 2.87 bits per heavy atom. The van der Waals surface area contributed by atoms with Gasteiger partial charge in [-0.1, -0.05) is 13.3 Å². The van der Waals surface area contributed by atoms with Crippen molar-refractivity contribution in [2.45, 2.75) is 38.5 Å². The topological polar surface area (TPSA) is 25.2 Å². The van der Waals surface area contributed by atoms with Crippen LogP contribution in [0.5, 0.6) is 0 Å². The molecule has 0 aliphatic heterocycles. The van der Waals surface area contributed by atoms with Gasteiger partial charge in [0.15, 0.2) is 0 Å². The molecule has 15 heavy (non-hydrogen) atoms. The second-order valence-electron chi connectivity index (χ2n) is 3.82. The zero-order valence-corrected chi connectivity index (χ0v) is 10.7. The van der Waals surface area contributed by atoms with E-state index in [1.54, 1.807) is 6.26 Å². The van der Waals surface area contributed by atoms with Gasteiger partial charge >= 0.3 is 0 Å². The summed E-state index contributed by atoms with van der Waals surface area (Å²) >= 11 is 1.94. The Morgan fingerprint density at radius 2 is 2.33 bits per heavy atom. The van der Waals surface area contributed by atoms with Crippen LogP contribution in [0, 0.1) is 6.92 Å². The molecule has 0 aliphatic carbocycles. The second-order valence-corrected chi connectivity index (χ2v) is 4.85. The highest BCUT2D eigenvalue weighted by molar-refractivity contribution is 7.98. The summed E-state index contributed by atoms with van der Waals surface area (Å²) in [6, 6.07) is 2.66. The van der Waals surface area contributed by atoms with Gasteiger partial charge in [0.2, 0.25) is 0 Å². The van der Waals surface area contributed by atoms with Crippen LogP contribution in [-0.4, -0.2) is 18.8 Å². The van der Waals surface area contributed by atoms with E-state index < -0.39 is 0 Å². The summed E-state index contributed by atoms with van der Waals surface area (Å²) in [7, 11) is 2.04. The number of aryl methyl sites for hydroxylation is 1. The van der Waals surface area contributed by atoms with E-state index >= 15 is 0 Å². The fourth-order valence-corrected chi connectivity index (χ4v) is 2.72. The lowest BCUT2D eigenvalue weighted by atomic mass is 10.2. The zero-order chi connectivity index (χ0) is 11.1. The highest BCUT2D eigenvalue weighted by atomic mass is 32.2. The predicted molar refractivity (Wildman–Crippen MR) is 67.4 cm³/mol. The third-order valence-electron chi connectivity index (χ3n) is 2.57. The smallest absolute Gasteiger partial charge is 0.116 e. The molecular weight excluding hydrogens is 206 g/mol. The summed E-state index contributed by atoms with van der Waals surface area (Å²) in [6.45, 7) is 4.33. The summed E-state index contributed by atoms with van der Waals surface area (Å²) in [4.78, 5) is 0. The fraction of sp³-hybridized carbons (Fsp3) is 0.667. The molecule has 2 nitrogen and oxygen atoms in total. The van der Waals surface area contributed by atoms with Crippen molar-refractivity contribution in [3.63, 3.8) is 0 Å². The molecule has 0 saturated heterocycles. The largest absolute Gasteiger partial charge is 0.468 e. The van der Waals surface area contributed by atoms with E-state index in [4.69, 9.17) is 4.42 Å². The van der Waals surface area contributed by atoms with Crippen molar-refractivity contribution in [2.75, 3.05) is 12.8 Å². The molecule has 1 N–H and O–H groups in total. The van der Waals surface area contributed by atoms with Crippen LogP contribution >= 0.6 is 11.8 Å². The maximum atomic E-state index is 5.40. The fourth-order valence-electron chi connectivity index (χ4n) is 1.51. The molecule has 1 aromatic heterocycles. The van der Waals surface area contributed by atoms with Crippen LogP contribution in [0.15, 0.2) is 16.7 Å². The standard InChI is InChI=1S/C12H21NOS/c1-4-5-11(13-3)8-15-9-12-10(2)6-7-14-12/h6-7,11,13H,4-5,8-9H2,1-3H3. The summed E-state index contributed by atoms with van der Waals surface area (Å²) in [6.07, 6.45) is 4.26. The van der Waals surface area contributed by atoms with Gasteiger partial charge in [0.05, 0.1) is 12.0 Å². The highest BCUT2D eigenvalue weighted by Gasteiger charge is 2.06. The molecule has 0 aliphatic rings. The van der Waals surface area contributed by atoms with Crippen LogP contribution in [0.2, 0.25) is 0 Å². The van der Waals surface area contributed by atoms with Crippen molar-refractivity contribution >= 4 is 11.8 Å². The Labute approximate surface area is 96.8 Å². The number of nitrogens with one attached hydrogen (secondary N) is 1. The van der Waals surface area contributed by atoms with Gasteiger partial charge < -0.3 is 9.73 Å². The minimum Gasteiger partial charge on any atom is -0.468 e. The molecule has 1 aromatic rings. The van der Waals surface area contributed by atoms with Crippen LogP contribution in [0.25, 0.3) is 0 Å². The molecule has 0 radical (unpaired) electrons. The Morgan fingerprint density at radius 1 is 1.53 bits per heavy atom. The van der Waals surface area contributed by atoms with Crippen LogP contribution in [-0.2, 0) is 5.75 Å². The van der Waals surface area contributed by atoms with Gasteiger partial charge in [-0.2, -0.15) is 11.8 Å². The van der Waals surface area contributed by atoms with E-state index in [2.05, 4.69) is 19.2 Å². The first-order valence-electron chi connectivity index (χ1n) is 5.56. The average Bonchev–Trinajstić information content (AvgIpc) is 2.63. The van der Waals surface area contributed by atoms with Crippen molar-refractivity contribution in [1.29, 1.82) is 0 Å². The van der Waals surface area contributed by atoms with E-state index in [-0.39, 0.29) is 0 Å². The minimum atomic E-state index is 0.635. The van der Waals surface area contributed by atoms with Crippen molar-refractivity contribution in [3.8, 4) is 0 Å². The maximum absolute atomic E-state index is 5.40. The van der Waals surface area contributed by atoms with Crippen molar-refractivity contribution in [3.05, 3.63) is 23.7 Å². The first kappa shape index (κ1) is 12.7. The third-order valence-corrected chi connectivity index (χ3v) is 3.67. The predicted octanol–water partition coefficient (Wildman–Crippen LogP) is 3.21. The summed E-state index contributed by atoms with van der Waals surface area (Å²) < 4.78 is 5.40. The van der Waals surface area contributed by atoms with Crippen LogP contribution in [0.1, 0.15) is 31.1 Å². The lowest BCUT2D eigenvalue weighted by molar-refractivity contribution is 0.527. The molecule has 1 rings (SSSR count). The van der Waals surface area contributed by atoms with Crippen molar-refractivity contribution in [1.82, 2.24) is 5.32 Å². The lowest BCUT2D eigenvalue weighted by Gasteiger charge is -2.14. The molecular formula is C12H21NOS. The molecule has 1 heterocycles. The molecule has 0 bridgehead atoms. The molecule has 0 aromatic carbocycles. The molecule has 3 heteroatoms. The third kappa shape index (κ3) is 4.31. The number of hydrogen-bond donors (Lipinski definition) is 1. The van der Waals surface area contributed by atoms with Crippen LogP contribution in [0.3, 0.4) is 0 Å². The van der Waals surface area contributed by atoms with E-state index in [1.165, 1.54) is 18.4 Å². The maximum Gasteiger partial charge on any atom is 0.116 e. The lowest BCUT2D eigenvalue weighted by Crippen LogP contribution is -2.27. The molecule has 0 spiro atoms. The molecule has 86 valence electrons. The van der Waals surface area contributed by atoms with Crippen LogP contribution in [0.4, 0.5) is 0 Å². The van der Waals surface area contributed by atoms with Gasteiger partial charge in [0.25, 0.3) is 0 Å². The van der Waals surface area contributed by atoms with Crippen molar-refractivity contribution in [2.24, 2.45) is 0 Å². The van der Waals surface area contributed by atoms with Gasteiger partial charge in [-0.15, -0.1) is 0 Å². The Balaban J connectivity index is 2.23. The molecule has 1 atom stereocenters. The van der Waals surface area contributed by atoms with Gasteiger partial charge in [0, 0.05) is 11.8 Å². The number of furan rings is 1. The molecule has 1 unspecified atom stereocenters. The minimum absolute atomic E-state index is 0.635. The van der Waals surface area contributed by atoms with Gasteiger partial charge in [-0.25, -0.2) is 0 Å². The highest BCUT2D eigenvalue weighted by Crippen LogP contribution is 2.18. The number of rotatable bonds is 7.